The predicted molar refractivity (Wildman–Crippen MR) is 153 cm³/mol. The van der Waals surface area contributed by atoms with Gasteiger partial charge in [0.25, 0.3) is 0 Å². The Balaban J connectivity index is 1.90. The van der Waals surface area contributed by atoms with Crippen LogP contribution in [-0.4, -0.2) is 155 Å². The van der Waals surface area contributed by atoms with Gasteiger partial charge >= 0.3 is 0 Å². The van der Waals surface area contributed by atoms with E-state index in [9.17, 15) is 35.4 Å². The van der Waals surface area contributed by atoms with Gasteiger partial charge in [0.1, 0.15) is 30.5 Å². The van der Waals surface area contributed by atoms with Crippen LogP contribution in [0.3, 0.4) is 0 Å². The first-order valence-electron chi connectivity index (χ1n) is 15.1. The van der Waals surface area contributed by atoms with E-state index in [4.69, 9.17) is 42.9 Å². The third-order valence-corrected chi connectivity index (χ3v) is 8.75. The van der Waals surface area contributed by atoms with Gasteiger partial charge in [-0.2, -0.15) is 0 Å². The lowest BCUT2D eigenvalue weighted by molar-refractivity contribution is -0.306. The molecule has 1 aliphatic carbocycles. The number of aliphatic hydroxyl groups is 6. The molecule has 1 saturated carbocycles. The minimum Gasteiger partial charge on any atom is -0.394 e. The van der Waals surface area contributed by atoms with Gasteiger partial charge in [-0.15, -0.1) is 0 Å². The molecule has 18 N–H and O–H groups in total. The topological polar surface area (TPSA) is 320 Å². The van der Waals surface area contributed by atoms with Crippen LogP contribution in [0.4, 0.5) is 0 Å². The Morgan fingerprint density at radius 2 is 1.65 bits per heavy atom. The van der Waals surface area contributed by atoms with Gasteiger partial charge in [-0.05, 0) is 45.2 Å². The van der Waals surface area contributed by atoms with Crippen molar-refractivity contribution in [2.75, 3.05) is 32.8 Å². The highest BCUT2D eigenvalue weighted by Crippen LogP contribution is 2.37. The fourth-order valence-electron chi connectivity index (χ4n) is 6.25. The fraction of sp³-hybridized carbons (Fsp3) is 0.962. The van der Waals surface area contributed by atoms with Crippen molar-refractivity contribution in [2.24, 2.45) is 34.6 Å². The van der Waals surface area contributed by atoms with Gasteiger partial charge in [-0.25, -0.2) is 0 Å². The standard InChI is InChI=1S/C26H53N7O10/c27-5-3-11(35)9-32-14-2-1-12(8-29)41-23(14)18-13(30)7-15(33-25(40)16(36)4-6-28)24(21(18)38)43-26-22(39)19(31)20(37)17(10-34)42-26/h11-24,26,32,34-39H,1-10,27-31H2,(H,33,40)/t11?,12-,13-,14+,15+,16-,17+,18?,19-,20+,21-,22+,23-,24-,26+/m0/s1. The van der Waals surface area contributed by atoms with Crippen molar-refractivity contribution in [1.82, 2.24) is 10.6 Å². The monoisotopic (exact) mass is 623 g/mol. The Morgan fingerprint density at radius 1 is 0.953 bits per heavy atom. The summed E-state index contributed by atoms with van der Waals surface area (Å²) >= 11 is 0. The molecule has 252 valence electrons. The Labute approximate surface area is 251 Å². The zero-order valence-corrected chi connectivity index (χ0v) is 24.4. The van der Waals surface area contributed by atoms with Gasteiger partial charge < -0.3 is 84.2 Å². The average molecular weight is 624 g/mol. The summed E-state index contributed by atoms with van der Waals surface area (Å²) in [7, 11) is 0. The molecule has 3 aliphatic rings. The first kappa shape index (κ1) is 36.3. The van der Waals surface area contributed by atoms with E-state index < -0.39 is 91.7 Å². The smallest absolute Gasteiger partial charge is 0.249 e. The zero-order valence-electron chi connectivity index (χ0n) is 24.4. The number of carbonyl (C=O) groups excluding carboxylic acids is 1. The number of aliphatic hydroxyl groups excluding tert-OH is 6. The first-order valence-corrected chi connectivity index (χ1v) is 15.1. The predicted octanol–water partition coefficient (Wildman–Crippen LogP) is -6.79. The maximum absolute atomic E-state index is 12.8. The molecule has 1 amide bonds. The molecule has 43 heavy (non-hydrogen) atoms. The van der Waals surface area contributed by atoms with Crippen LogP contribution < -0.4 is 39.3 Å². The highest BCUT2D eigenvalue weighted by Gasteiger charge is 2.53. The molecule has 3 fully saturated rings. The lowest BCUT2D eigenvalue weighted by Crippen LogP contribution is -2.69. The van der Waals surface area contributed by atoms with Crippen molar-refractivity contribution < 1.29 is 49.6 Å². The second-order valence-electron chi connectivity index (χ2n) is 11.8. The number of nitrogens with one attached hydrogen (secondary N) is 2. The Hall–Kier alpha value is -1.13. The van der Waals surface area contributed by atoms with Gasteiger partial charge in [-0.3, -0.25) is 4.79 Å². The molecule has 2 unspecified atom stereocenters. The normalized spacial score (nSPS) is 41.9. The molecule has 17 heteroatoms. The van der Waals surface area contributed by atoms with E-state index >= 15 is 0 Å². The van der Waals surface area contributed by atoms with Crippen molar-refractivity contribution in [2.45, 2.75) is 117 Å². The number of carbonyl (C=O) groups is 1. The van der Waals surface area contributed by atoms with Crippen LogP contribution >= 0.6 is 0 Å². The van der Waals surface area contributed by atoms with Crippen LogP contribution in [0.5, 0.6) is 0 Å². The van der Waals surface area contributed by atoms with Gasteiger partial charge in [0, 0.05) is 31.1 Å². The highest BCUT2D eigenvalue weighted by atomic mass is 16.7. The van der Waals surface area contributed by atoms with Crippen molar-refractivity contribution in [3.05, 3.63) is 0 Å². The van der Waals surface area contributed by atoms with Crippen molar-refractivity contribution in [1.29, 1.82) is 0 Å². The van der Waals surface area contributed by atoms with Crippen molar-refractivity contribution >= 4 is 5.91 Å². The minimum atomic E-state index is -1.55. The number of hydrogen-bond donors (Lipinski definition) is 13. The van der Waals surface area contributed by atoms with Crippen molar-refractivity contribution in [3.63, 3.8) is 0 Å². The van der Waals surface area contributed by atoms with Crippen LogP contribution in [0.25, 0.3) is 0 Å². The van der Waals surface area contributed by atoms with Crippen LogP contribution in [0, 0.1) is 5.92 Å². The van der Waals surface area contributed by atoms with E-state index in [-0.39, 0.29) is 44.6 Å². The molecule has 0 bridgehead atoms. The van der Waals surface area contributed by atoms with Crippen molar-refractivity contribution in [3.8, 4) is 0 Å². The molecule has 0 spiro atoms. The molecule has 2 heterocycles. The molecule has 15 atom stereocenters. The van der Waals surface area contributed by atoms with E-state index in [1.807, 2.05) is 0 Å². The third kappa shape index (κ3) is 8.99. The van der Waals surface area contributed by atoms with Crippen LogP contribution in [-0.2, 0) is 19.0 Å². The molecule has 2 aliphatic heterocycles. The lowest BCUT2D eigenvalue weighted by Gasteiger charge is -2.51. The van der Waals surface area contributed by atoms with Crippen LogP contribution in [0.1, 0.15) is 32.1 Å². The molecule has 0 aromatic rings. The van der Waals surface area contributed by atoms with Gasteiger partial charge in [-0.1, -0.05) is 0 Å². The summed E-state index contributed by atoms with van der Waals surface area (Å²) in [5.41, 5.74) is 29.6. The summed E-state index contributed by atoms with van der Waals surface area (Å²) in [6.45, 7) is 0.223. The van der Waals surface area contributed by atoms with E-state index in [0.29, 0.717) is 25.8 Å². The van der Waals surface area contributed by atoms with Crippen LogP contribution in [0.15, 0.2) is 0 Å². The summed E-state index contributed by atoms with van der Waals surface area (Å²) in [6.07, 6.45) is -9.68. The quantitative estimate of drug-likeness (QED) is 0.0854. The molecular formula is C26H53N7O10. The van der Waals surface area contributed by atoms with Gasteiger partial charge in [0.15, 0.2) is 6.29 Å². The number of nitrogens with two attached hydrogens (primary N) is 5. The van der Waals surface area contributed by atoms with E-state index in [1.165, 1.54) is 0 Å². The SMILES string of the molecule is NCCC(O)CN[C@@H]1CC[C@@H](CN)O[C@@H]1C1[C@@H](N)C[C@@H](NC(=O)[C@@H](O)CCN)[C@H](O[C@H]2O[C@H](CO)[C@@H](O)[C@H](N)[C@H]2O)[C@H]1O. The highest BCUT2D eigenvalue weighted by molar-refractivity contribution is 5.80. The molecule has 0 aromatic heterocycles. The Bertz CT molecular complexity index is 850. The lowest BCUT2D eigenvalue weighted by atomic mass is 9.72. The maximum atomic E-state index is 12.8. The fourth-order valence-corrected chi connectivity index (χ4v) is 6.25. The number of rotatable bonds is 14. The first-order chi connectivity index (χ1) is 20.5. The summed E-state index contributed by atoms with van der Waals surface area (Å²) < 4.78 is 18.0. The summed E-state index contributed by atoms with van der Waals surface area (Å²) in [5, 5.41) is 69.0. The van der Waals surface area contributed by atoms with E-state index in [0.717, 1.165) is 0 Å². The van der Waals surface area contributed by atoms with Gasteiger partial charge in [0.05, 0.1) is 43.1 Å². The number of hydrogen-bond acceptors (Lipinski definition) is 16. The maximum Gasteiger partial charge on any atom is 0.249 e. The number of ether oxygens (including phenoxy) is 3. The summed E-state index contributed by atoms with van der Waals surface area (Å²) in [6, 6.07) is -3.27. The second-order valence-corrected chi connectivity index (χ2v) is 11.8. The van der Waals surface area contributed by atoms with E-state index in [2.05, 4.69) is 10.6 Å². The Kier molecular flexibility index (Phi) is 14.3. The summed E-state index contributed by atoms with van der Waals surface area (Å²) in [5.74, 6) is -1.53. The minimum absolute atomic E-state index is 0.00354. The molecule has 2 saturated heterocycles. The van der Waals surface area contributed by atoms with Gasteiger partial charge in [0.2, 0.25) is 5.91 Å². The molecule has 0 radical (unpaired) electrons. The number of amides is 1. The summed E-state index contributed by atoms with van der Waals surface area (Å²) in [4.78, 5) is 12.8. The molecule has 0 aromatic carbocycles. The molecule has 3 rings (SSSR count). The average Bonchev–Trinajstić information content (AvgIpc) is 2.98. The largest absolute Gasteiger partial charge is 0.394 e. The third-order valence-electron chi connectivity index (χ3n) is 8.75. The van der Waals surface area contributed by atoms with Crippen LogP contribution in [0.2, 0.25) is 0 Å². The zero-order chi connectivity index (χ0) is 31.8. The molecular weight excluding hydrogens is 570 g/mol. The second kappa shape index (κ2) is 17.0. The van der Waals surface area contributed by atoms with E-state index in [1.54, 1.807) is 0 Å². The molecule has 17 nitrogen and oxygen atoms in total. The Morgan fingerprint density at radius 3 is 2.28 bits per heavy atom.